The van der Waals surface area contributed by atoms with Gasteiger partial charge >= 0.3 is 5.97 Å². The third kappa shape index (κ3) is 2.82. The van der Waals surface area contributed by atoms with E-state index in [0.29, 0.717) is 11.4 Å². The van der Waals surface area contributed by atoms with Crippen LogP contribution in [0.25, 0.3) is 0 Å². The second-order valence-corrected chi connectivity index (χ2v) is 3.67. The Kier molecular flexibility index (Phi) is 3.65. The Hall–Kier alpha value is -2.57. The molecule has 0 aliphatic rings. The van der Waals surface area contributed by atoms with Crippen molar-refractivity contribution in [3.63, 3.8) is 0 Å². The number of hydrogen-bond donors (Lipinski definition) is 2. The highest BCUT2D eigenvalue weighted by molar-refractivity contribution is 5.88. The average molecular weight is 266 g/mol. The van der Waals surface area contributed by atoms with Crippen LogP contribution in [0.15, 0.2) is 28.9 Å². The van der Waals surface area contributed by atoms with Gasteiger partial charge in [-0.1, -0.05) is 5.16 Å². The summed E-state index contributed by atoms with van der Waals surface area (Å²) in [6.07, 6.45) is 1.13. The Morgan fingerprint density at radius 1 is 1.58 bits per heavy atom. The lowest BCUT2D eigenvalue weighted by Gasteiger charge is -2.10. The molecule has 2 rings (SSSR count). The van der Waals surface area contributed by atoms with Gasteiger partial charge < -0.3 is 19.7 Å². The number of hydrogen-bond acceptors (Lipinski definition) is 5. The SMILES string of the molecule is COc1cc(F)ccc1NCc1oncc1C(=O)O. The molecule has 1 aromatic heterocycles. The second-order valence-electron chi connectivity index (χ2n) is 3.67. The largest absolute Gasteiger partial charge is 0.494 e. The van der Waals surface area contributed by atoms with Crippen molar-refractivity contribution < 1.29 is 23.6 Å². The quantitative estimate of drug-likeness (QED) is 0.862. The van der Waals surface area contributed by atoms with Gasteiger partial charge in [0, 0.05) is 6.07 Å². The Balaban J connectivity index is 2.14. The van der Waals surface area contributed by atoms with Crippen LogP contribution in [-0.2, 0) is 6.54 Å². The first-order valence-corrected chi connectivity index (χ1v) is 5.36. The molecule has 19 heavy (non-hydrogen) atoms. The minimum atomic E-state index is -1.12. The van der Waals surface area contributed by atoms with E-state index in [0.717, 1.165) is 6.20 Å². The minimum Gasteiger partial charge on any atom is -0.494 e. The Bertz CT molecular complexity index is 597. The van der Waals surface area contributed by atoms with Crippen LogP contribution in [0, 0.1) is 5.82 Å². The summed E-state index contributed by atoms with van der Waals surface area (Å²) in [6.45, 7) is 0.101. The van der Waals surface area contributed by atoms with Crippen LogP contribution in [-0.4, -0.2) is 23.3 Å². The van der Waals surface area contributed by atoms with Gasteiger partial charge in [0.15, 0.2) is 5.76 Å². The first kappa shape index (κ1) is 12.9. The van der Waals surface area contributed by atoms with Crippen molar-refractivity contribution in [2.24, 2.45) is 0 Å². The second kappa shape index (κ2) is 5.38. The molecule has 0 radical (unpaired) electrons. The van der Waals surface area contributed by atoms with E-state index in [-0.39, 0.29) is 17.9 Å². The fourth-order valence-corrected chi connectivity index (χ4v) is 1.55. The van der Waals surface area contributed by atoms with Crippen LogP contribution in [0.5, 0.6) is 5.75 Å². The maximum Gasteiger partial charge on any atom is 0.341 e. The molecule has 1 heterocycles. The molecule has 2 N–H and O–H groups in total. The number of rotatable bonds is 5. The van der Waals surface area contributed by atoms with E-state index in [4.69, 9.17) is 14.4 Å². The molecule has 2 aromatic rings. The van der Waals surface area contributed by atoms with Gasteiger partial charge in [0.25, 0.3) is 0 Å². The van der Waals surface area contributed by atoms with E-state index in [2.05, 4.69) is 10.5 Å². The number of halogens is 1. The molecule has 0 bridgehead atoms. The predicted octanol–water partition coefficient (Wildman–Crippen LogP) is 2.13. The van der Waals surface area contributed by atoms with Gasteiger partial charge in [-0.15, -0.1) is 0 Å². The van der Waals surface area contributed by atoms with Crippen LogP contribution in [0.1, 0.15) is 16.1 Å². The number of carboxylic acid groups (broad SMARTS) is 1. The topological polar surface area (TPSA) is 84.6 Å². The molecule has 7 heteroatoms. The summed E-state index contributed by atoms with van der Waals surface area (Å²) in [5.74, 6) is -1.05. The fourth-order valence-electron chi connectivity index (χ4n) is 1.55. The molecule has 0 aliphatic heterocycles. The lowest BCUT2D eigenvalue weighted by molar-refractivity contribution is 0.0694. The van der Waals surface area contributed by atoms with Gasteiger partial charge in [-0.3, -0.25) is 0 Å². The first-order chi connectivity index (χ1) is 9.11. The molecule has 0 amide bonds. The smallest absolute Gasteiger partial charge is 0.341 e. The molecule has 0 fully saturated rings. The summed E-state index contributed by atoms with van der Waals surface area (Å²) in [6, 6.07) is 3.98. The van der Waals surface area contributed by atoms with Crippen LogP contribution in [0.3, 0.4) is 0 Å². The number of carboxylic acids is 1. The predicted molar refractivity (Wildman–Crippen MR) is 63.7 cm³/mol. The fraction of sp³-hybridized carbons (Fsp3) is 0.167. The number of anilines is 1. The monoisotopic (exact) mass is 266 g/mol. The van der Waals surface area contributed by atoms with Gasteiger partial charge in [0.05, 0.1) is 25.5 Å². The average Bonchev–Trinajstić information content (AvgIpc) is 2.85. The molecular weight excluding hydrogens is 255 g/mol. The number of aromatic nitrogens is 1. The van der Waals surface area contributed by atoms with E-state index in [1.165, 1.54) is 25.3 Å². The third-order valence-electron chi connectivity index (χ3n) is 2.48. The maximum absolute atomic E-state index is 13.0. The summed E-state index contributed by atoms with van der Waals surface area (Å²) in [5, 5.41) is 15.2. The van der Waals surface area contributed by atoms with Crippen LogP contribution in [0.2, 0.25) is 0 Å². The zero-order valence-electron chi connectivity index (χ0n) is 10.0. The maximum atomic E-state index is 13.0. The van der Waals surface area contributed by atoms with Gasteiger partial charge in [0.2, 0.25) is 0 Å². The lowest BCUT2D eigenvalue weighted by atomic mass is 10.2. The van der Waals surface area contributed by atoms with Crippen molar-refractivity contribution in [1.82, 2.24) is 5.16 Å². The number of nitrogens with one attached hydrogen (secondary N) is 1. The molecule has 6 nitrogen and oxygen atoms in total. The summed E-state index contributed by atoms with van der Waals surface area (Å²) < 4.78 is 22.8. The van der Waals surface area contributed by atoms with Crippen LogP contribution in [0.4, 0.5) is 10.1 Å². The minimum absolute atomic E-state index is 0.0198. The number of aromatic carboxylic acids is 1. The number of benzene rings is 1. The standard InChI is InChI=1S/C12H11FN2O4/c1-18-10-4-7(13)2-3-9(10)14-6-11-8(12(16)17)5-15-19-11/h2-5,14H,6H2,1H3,(H,16,17). The molecule has 0 saturated heterocycles. The van der Waals surface area contributed by atoms with Crippen molar-refractivity contribution in [2.75, 3.05) is 12.4 Å². The van der Waals surface area contributed by atoms with Crippen molar-refractivity contribution >= 4 is 11.7 Å². The molecule has 100 valence electrons. The molecule has 0 unspecified atom stereocenters. The number of carbonyl (C=O) groups is 1. The first-order valence-electron chi connectivity index (χ1n) is 5.36. The molecule has 0 spiro atoms. The van der Waals surface area contributed by atoms with E-state index >= 15 is 0 Å². The lowest BCUT2D eigenvalue weighted by Crippen LogP contribution is -2.05. The van der Waals surface area contributed by atoms with E-state index in [9.17, 15) is 9.18 Å². The van der Waals surface area contributed by atoms with Crippen molar-refractivity contribution in [3.8, 4) is 5.75 Å². The third-order valence-corrected chi connectivity index (χ3v) is 2.48. The Labute approximate surface area is 107 Å². The summed E-state index contributed by atoms with van der Waals surface area (Å²) in [4.78, 5) is 10.9. The van der Waals surface area contributed by atoms with E-state index in [1.807, 2.05) is 0 Å². The van der Waals surface area contributed by atoms with E-state index < -0.39 is 11.8 Å². The van der Waals surface area contributed by atoms with Crippen LogP contribution >= 0.6 is 0 Å². The summed E-state index contributed by atoms with van der Waals surface area (Å²) in [5.41, 5.74) is 0.505. The van der Waals surface area contributed by atoms with E-state index in [1.54, 1.807) is 0 Å². The van der Waals surface area contributed by atoms with Crippen molar-refractivity contribution in [3.05, 3.63) is 41.5 Å². The normalized spacial score (nSPS) is 10.2. The Morgan fingerprint density at radius 2 is 2.37 bits per heavy atom. The van der Waals surface area contributed by atoms with Gasteiger partial charge in [0.1, 0.15) is 17.1 Å². The molecule has 0 aliphatic carbocycles. The highest BCUT2D eigenvalue weighted by Crippen LogP contribution is 2.25. The Morgan fingerprint density at radius 3 is 3.05 bits per heavy atom. The zero-order valence-corrected chi connectivity index (χ0v) is 10.0. The zero-order chi connectivity index (χ0) is 13.8. The highest BCUT2D eigenvalue weighted by atomic mass is 19.1. The van der Waals surface area contributed by atoms with Gasteiger partial charge in [-0.25, -0.2) is 9.18 Å². The van der Waals surface area contributed by atoms with Crippen LogP contribution < -0.4 is 10.1 Å². The molecular formula is C12H11FN2O4. The molecule has 0 saturated carbocycles. The number of ether oxygens (including phenoxy) is 1. The van der Waals surface area contributed by atoms with Crippen molar-refractivity contribution in [1.29, 1.82) is 0 Å². The number of nitrogens with zero attached hydrogens (tertiary/aromatic N) is 1. The van der Waals surface area contributed by atoms with Gasteiger partial charge in [-0.05, 0) is 12.1 Å². The molecule has 1 aromatic carbocycles. The van der Waals surface area contributed by atoms with Gasteiger partial charge in [-0.2, -0.15) is 0 Å². The highest BCUT2D eigenvalue weighted by Gasteiger charge is 2.15. The van der Waals surface area contributed by atoms with Crippen molar-refractivity contribution in [2.45, 2.75) is 6.54 Å². The summed E-state index contributed by atoms with van der Waals surface area (Å²) in [7, 11) is 1.41. The molecule has 0 atom stereocenters. The number of methoxy groups -OCH3 is 1. The summed E-state index contributed by atoms with van der Waals surface area (Å²) >= 11 is 0.